The number of rotatable bonds is 10. The van der Waals surface area contributed by atoms with Crippen molar-refractivity contribution in [2.75, 3.05) is 23.4 Å². The summed E-state index contributed by atoms with van der Waals surface area (Å²) < 4.78 is 0. The average molecular weight is 539 g/mol. The summed E-state index contributed by atoms with van der Waals surface area (Å²) in [5.74, 6) is -0.906. The molecule has 40 heavy (non-hydrogen) atoms. The molecular formula is C32H34N4O4. The summed E-state index contributed by atoms with van der Waals surface area (Å²) in [5.41, 5.74) is 3.04. The fourth-order valence-electron chi connectivity index (χ4n) is 5.24. The van der Waals surface area contributed by atoms with E-state index < -0.39 is 17.4 Å². The van der Waals surface area contributed by atoms with Gasteiger partial charge in [-0.25, -0.2) is 0 Å². The summed E-state index contributed by atoms with van der Waals surface area (Å²) >= 11 is 0. The van der Waals surface area contributed by atoms with E-state index in [1.54, 1.807) is 31.3 Å². The number of anilines is 2. The van der Waals surface area contributed by atoms with E-state index in [9.17, 15) is 19.5 Å². The lowest BCUT2D eigenvalue weighted by atomic mass is 9.81. The third-order valence-electron chi connectivity index (χ3n) is 7.94. The maximum absolute atomic E-state index is 14.1. The number of nitrogens with zero attached hydrogens (tertiary/aromatic N) is 3. The Morgan fingerprint density at radius 3 is 2.55 bits per heavy atom. The number of fused-ring (bicyclic) bond motifs is 1. The number of hydrogen-bond donors (Lipinski definition) is 2. The number of aliphatic hydroxyl groups excluding tert-OH is 1. The van der Waals surface area contributed by atoms with E-state index in [1.165, 1.54) is 4.90 Å². The van der Waals surface area contributed by atoms with Crippen molar-refractivity contribution < 1.29 is 19.5 Å². The summed E-state index contributed by atoms with van der Waals surface area (Å²) in [6.45, 7) is 3.31. The van der Waals surface area contributed by atoms with Crippen molar-refractivity contribution in [2.45, 2.75) is 45.6 Å². The van der Waals surface area contributed by atoms with Gasteiger partial charge in [0, 0.05) is 17.4 Å². The number of aromatic nitrogens is 1. The number of hydrogen-bond acceptors (Lipinski definition) is 6. The Kier molecular flexibility index (Phi) is 7.89. The van der Waals surface area contributed by atoms with Gasteiger partial charge in [-0.2, -0.15) is 0 Å². The molecule has 3 aromatic rings. The van der Waals surface area contributed by atoms with E-state index >= 15 is 0 Å². The topological polar surface area (TPSA) is 112 Å². The summed E-state index contributed by atoms with van der Waals surface area (Å²) in [6.07, 6.45) is 4.03. The number of pyridine rings is 1. The highest BCUT2D eigenvalue weighted by atomic mass is 16.3. The molecule has 8 heteroatoms. The number of Topliss-reactive ketones (excluding diaryl/α,β-unsaturated/α-hetero) is 1. The van der Waals surface area contributed by atoms with Crippen molar-refractivity contribution in [3.8, 4) is 0 Å². The van der Waals surface area contributed by atoms with Crippen LogP contribution in [0.3, 0.4) is 0 Å². The van der Waals surface area contributed by atoms with Crippen LogP contribution in [0.15, 0.2) is 77.9 Å². The number of benzene rings is 2. The van der Waals surface area contributed by atoms with E-state index in [0.29, 0.717) is 28.3 Å². The molecule has 2 N–H and O–H groups in total. The van der Waals surface area contributed by atoms with Crippen LogP contribution in [0.25, 0.3) is 0 Å². The summed E-state index contributed by atoms with van der Waals surface area (Å²) in [6, 6.07) is 19.2. The molecule has 2 aromatic carbocycles. The average Bonchev–Trinajstić information content (AvgIpc) is 3.84. The van der Waals surface area contributed by atoms with Gasteiger partial charge in [0.15, 0.2) is 5.78 Å². The molecular weight excluding hydrogens is 504 g/mol. The lowest BCUT2D eigenvalue weighted by Gasteiger charge is -2.31. The maximum atomic E-state index is 14.1. The van der Waals surface area contributed by atoms with E-state index in [0.717, 1.165) is 24.8 Å². The Morgan fingerprint density at radius 1 is 1.07 bits per heavy atom. The third kappa shape index (κ3) is 5.58. The molecule has 1 fully saturated rings. The second-order valence-corrected chi connectivity index (χ2v) is 10.7. The Bertz CT molecular complexity index is 1450. The molecule has 0 radical (unpaired) electrons. The minimum Gasteiger partial charge on any atom is -0.395 e. The minimum atomic E-state index is -1.08. The predicted molar refractivity (Wildman–Crippen MR) is 154 cm³/mol. The second-order valence-electron chi connectivity index (χ2n) is 10.7. The normalized spacial score (nSPS) is 18.3. The molecule has 8 nitrogen and oxygen atoms in total. The van der Waals surface area contributed by atoms with Crippen LogP contribution in [-0.2, 0) is 20.8 Å². The minimum absolute atomic E-state index is 0.100. The van der Waals surface area contributed by atoms with Crippen LogP contribution in [0.2, 0.25) is 0 Å². The molecule has 5 rings (SSSR count). The van der Waals surface area contributed by atoms with Gasteiger partial charge < -0.3 is 15.3 Å². The van der Waals surface area contributed by atoms with Crippen molar-refractivity contribution in [3.05, 3.63) is 89.7 Å². The van der Waals surface area contributed by atoms with Crippen LogP contribution in [0, 0.1) is 11.3 Å². The number of aliphatic imine (C=N–C) groups is 1. The fraction of sp³-hybridized carbons (Fsp3) is 0.344. The van der Waals surface area contributed by atoms with E-state index in [2.05, 4.69) is 10.3 Å². The second kappa shape index (κ2) is 11.5. The number of para-hydroxylation sites is 1. The van der Waals surface area contributed by atoms with E-state index in [4.69, 9.17) is 4.99 Å². The number of carbonyl (C=O) groups excluding carboxylic acids is 3. The zero-order valence-electron chi connectivity index (χ0n) is 22.8. The molecule has 2 aliphatic rings. The maximum Gasteiger partial charge on any atom is 0.252 e. The molecule has 0 bridgehead atoms. The van der Waals surface area contributed by atoms with E-state index in [1.807, 2.05) is 55.5 Å². The molecule has 1 aliphatic carbocycles. The first-order chi connectivity index (χ1) is 19.3. The highest BCUT2D eigenvalue weighted by Crippen LogP contribution is 2.46. The van der Waals surface area contributed by atoms with Gasteiger partial charge in [0.2, 0.25) is 5.91 Å². The largest absolute Gasteiger partial charge is 0.395 e. The quantitative estimate of drug-likeness (QED) is 0.402. The predicted octanol–water partition coefficient (Wildman–Crippen LogP) is 4.20. The van der Waals surface area contributed by atoms with Crippen molar-refractivity contribution in [1.29, 1.82) is 0 Å². The van der Waals surface area contributed by atoms with Crippen LogP contribution in [0.1, 0.15) is 49.9 Å². The first-order valence-electron chi connectivity index (χ1n) is 13.8. The molecule has 0 saturated heterocycles. The highest BCUT2D eigenvalue weighted by molar-refractivity contribution is 6.20. The van der Waals surface area contributed by atoms with Gasteiger partial charge >= 0.3 is 0 Å². The zero-order valence-corrected chi connectivity index (χ0v) is 22.8. The standard InChI is InChI=1S/C32H34N4O4/c1-3-21-9-8-10-23(17-21)34-29(39)18-26-31(40)36(19-28(38)32(2,20-37)22-14-15-22)27-13-5-4-11-24(27)30(35-26)25-12-6-7-16-33-25/h4-13,16-17,22,26,37H,3,14-15,18-20H2,1-2H3,(H,34,39). The SMILES string of the molecule is CCc1cccc(NC(=O)CC2N=C(c3ccccn3)c3ccccc3N(CC(=O)C(C)(CO)C3CC3)C2=O)c1. The van der Waals surface area contributed by atoms with Gasteiger partial charge in [-0.3, -0.25) is 24.4 Å². The summed E-state index contributed by atoms with van der Waals surface area (Å²) in [7, 11) is 0. The summed E-state index contributed by atoms with van der Waals surface area (Å²) in [5, 5.41) is 13.0. The first-order valence-corrected chi connectivity index (χ1v) is 13.8. The number of aryl methyl sites for hydroxylation is 1. The molecule has 2 heterocycles. The first kappa shape index (κ1) is 27.4. The van der Waals surface area contributed by atoms with Crippen molar-refractivity contribution in [1.82, 2.24) is 4.98 Å². The van der Waals surface area contributed by atoms with Crippen LogP contribution in [0.5, 0.6) is 0 Å². The zero-order chi connectivity index (χ0) is 28.3. The van der Waals surface area contributed by atoms with Crippen LogP contribution in [0.4, 0.5) is 11.4 Å². The van der Waals surface area contributed by atoms with Gasteiger partial charge in [-0.05, 0) is 61.1 Å². The van der Waals surface area contributed by atoms with Crippen molar-refractivity contribution in [3.63, 3.8) is 0 Å². The lowest BCUT2D eigenvalue weighted by Crippen LogP contribution is -2.47. The number of ketones is 1. The third-order valence-corrected chi connectivity index (χ3v) is 7.94. The molecule has 2 atom stereocenters. The fourth-order valence-corrected chi connectivity index (χ4v) is 5.24. The molecule has 206 valence electrons. The van der Waals surface area contributed by atoms with Crippen molar-refractivity contribution in [2.24, 2.45) is 16.3 Å². The van der Waals surface area contributed by atoms with Gasteiger partial charge in [-0.1, -0.05) is 50.2 Å². The Balaban J connectivity index is 1.52. The van der Waals surface area contributed by atoms with Crippen LogP contribution in [-0.4, -0.2) is 52.6 Å². The number of amides is 2. The van der Waals surface area contributed by atoms with Crippen molar-refractivity contribution >= 4 is 34.7 Å². The van der Waals surface area contributed by atoms with Gasteiger partial charge in [0.1, 0.15) is 6.04 Å². The van der Waals surface area contributed by atoms with Gasteiger partial charge in [0.05, 0.1) is 42.1 Å². The molecule has 2 amide bonds. The smallest absolute Gasteiger partial charge is 0.252 e. The molecule has 1 aromatic heterocycles. The monoisotopic (exact) mass is 538 g/mol. The highest BCUT2D eigenvalue weighted by Gasteiger charge is 2.47. The molecule has 0 spiro atoms. The van der Waals surface area contributed by atoms with Crippen LogP contribution < -0.4 is 10.2 Å². The van der Waals surface area contributed by atoms with Gasteiger partial charge in [-0.15, -0.1) is 0 Å². The number of benzodiazepines with no additional fused rings is 1. The number of nitrogens with one attached hydrogen (secondary N) is 1. The Labute approximate surface area is 234 Å². The summed E-state index contributed by atoms with van der Waals surface area (Å²) in [4.78, 5) is 51.7. The van der Waals surface area contributed by atoms with Crippen LogP contribution >= 0.6 is 0 Å². The Hall–Kier alpha value is -4.17. The molecule has 1 saturated carbocycles. The number of carbonyl (C=O) groups is 3. The Morgan fingerprint density at radius 2 is 1.85 bits per heavy atom. The number of aliphatic hydroxyl groups is 1. The molecule has 2 unspecified atom stereocenters. The lowest BCUT2D eigenvalue weighted by molar-refractivity contribution is -0.132. The van der Waals surface area contributed by atoms with E-state index in [-0.39, 0.29) is 37.2 Å². The molecule has 1 aliphatic heterocycles. The van der Waals surface area contributed by atoms with Gasteiger partial charge in [0.25, 0.3) is 5.91 Å².